The monoisotopic (exact) mass is 1790 g/mol. The summed E-state index contributed by atoms with van der Waals surface area (Å²) in [5.41, 5.74) is 0. The Hall–Kier alpha value is -9.02. The molecule has 0 aromatic heterocycles. The molecule has 53 heteroatoms. The number of nitrogens with zero attached hydrogens (tertiary/aromatic N) is 3. The number of carboxylic acid groups (broad SMARTS) is 1. The molecule has 6 rings (SSSR count). The zero-order valence-corrected chi connectivity index (χ0v) is 68.3. The van der Waals surface area contributed by atoms with Crippen molar-refractivity contribution in [2.24, 2.45) is 0 Å². The first-order valence-corrected chi connectivity index (χ1v) is 41.0. The molecule has 18 unspecified atom stereocenters. The number of nitrogens with one attached hydrogen (secondary N) is 12. The Labute approximate surface area is 701 Å². The third-order valence-corrected chi connectivity index (χ3v) is 22.7. The van der Waals surface area contributed by atoms with Gasteiger partial charge in [-0.05, 0) is 0 Å². The van der Waals surface area contributed by atoms with Crippen molar-refractivity contribution < 1.29 is 171 Å². The van der Waals surface area contributed by atoms with E-state index >= 15 is 0 Å². The number of rotatable bonds is 48. The summed E-state index contributed by atoms with van der Waals surface area (Å²) < 4.78 is 33.2. The Kier molecular flexibility index (Phi) is 41.1. The summed E-state index contributed by atoms with van der Waals surface area (Å²) in [4.78, 5) is 249. The van der Waals surface area contributed by atoms with Crippen molar-refractivity contribution in [1.82, 2.24) is 78.5 Å². The maximum absolute atomic E-state index is 14.1. The number of thioether (sulfide) groups is 3. The predicted octanol–water partition coefficient (Wildman–Crippen LogP) is -15.1. The Morgan fingerprint density at radius 3 is 0.917 bits per heavy atom. The number of amides is 18. The smallest absolute Gasteiger partial charge is 0.322 e. The van der Waals surface area contributed by atoms with Crippen molar-refractivity contribution in [3.05, 3.63) is 0 Å². The molecule has 0 saturated carbocycles. The van der Waals surface area contributed by atoms with E-state index in [4.69, 9.17) is 28.4 Å². The Morgan fingerprint density at radius 1 is 0.388 bits per heavy atom. The number of hydrogen-bond acceptors (Lipinski definition) is 37. The quantitative estimate of drug-likeness (QED) is 0.0199. The fourth-order valence-corrected chi connectivity index (χ4v) is 16.3. The van der Waals surface area contributed by atoms with Gasteiger partial charge in [-0.2, -0.15) is 0 Å². The molecule has 0 aromatic carbocycles. The molecule has 0 spiro atoms. The summed E-state index contributed by atoms with van der Waals surface area (Å²) in [6, 6.07) is -8.80. The number of imide groups is 3. The van der Waals surface area contributed by atoms with E-state index in [2.05, 4.69) is 63.8 Å². The molecular weight excluding hydrogens is 1680 g/mol. The van der Waals surface area contributed by atoms with Gasteiger partial charge in [-0.15, -0.1) is 35.3 Å². The summed E-state index contributed by atoms with van der Waals surface area (Å²) in [6.45, 7) is -3.50. The largest absolute Gasteiger partial charge is 0.480 e. The molecule has 6 aliphatic rings. The van der Waals surface area contributed by atoms with Gasteiger partial charge in [0, 0.05) is 123 Å². The van der Waals surface area contributed by atoms with Crippen LogP contribution in [0.25, 0.3) is 0 Å². The van der Waals surface area contributed by atoms with Crippen LogP contribution < -0.4 is 63.8 Å². The van der Waals surface area contributed by atoms with Gasteiger partial charge in [-0.25, -0.2) is 0 Å². The van der Waals surface area contributed by atoms with Gasteiger partial charge in [0.05, 0.1) is 68.5 Å². The number of aliphatic hydroxyl groups is 9. The first kappa shape index (κ1) is 101. The maximum atomic E-state index is 14.1. The molecule has 0 radical (unpaired) electrons. The van der Waals surface area contributed by atoms with Gasteiger partial charge in [0.2, 0.25) is 106 Å². The topological polar surface area (TPSA) is 736 Å². The highest BCUT2D eigenvalue weighted by Crippen LogP contribution is 2.31. The normalized spacial score (nSPS) is 27.3. The average Bonchev–Trinajstić information content (AvgIpc) is 1.81. The molecule has 6 fully saturated rings. The average molecular weight is 1790 g/mol. The van der Waals surface area contributed by atoms with E-state index in [1.807, 2.05) is 0 Å². The maximum Gasteiger partial charge on any atom is 0.322 e. The van der Waals surface area contributed by atoms with Crippen LogP contribution in [0.4, 0.5) is 0 Å². The van der Waals surface area contributed by atoms with Crippen LogP contribution in [0.1, 0.15) is 66.2 Å². The number of carboxylic acids is 1. The van der Waals surface area contributed by atoms with E-state index in [0.29, 0.717) is 23.5 Å². The van der Waals surface area contributed by atoms with Crippen molar-refractivity contribution in [2.45, 2.75) is 192 Å². The van der Waals surface area contributed by atoms with Crippen LogP contribution in [-0.4, -0.2) is 420 Å². The van der Waals surface area contributed by atoms with Gasteiger partial charge in [-0.3, -0.25) is 106 Å². The second-order valence-corrected chi connectivity index (χ2v) is 31.7. The zero-order valence-electron chi connectivity index (χ0n) is 65.8. The summed E-state index contributed by atoms with van der Waals surface area (Å²) in [5, 5.41) is 125. The lowest BCUT2D eigenvalue weighted by atomic mass is 9.97. The summed E-state index contributed by atoms with van der Waals surface area (Å²) >= 11 is 2.09. The highest BCUT2D eigenvalue weighted by atomic mass is 32.2. The molecule has 50 nitrogen and oxygen atoms in total. The molecule has 18 amide bonds. The van der Waals surface area contributed by atoms with E-state index in [1.54, 1.807) is 0 Å². The van der Waals surface area contributed by atoms with Crippen molar-refractivity contribution in [3.63, 3.8) is 0 Å². The second kappa shape index (κ2) is 49.3. The minimum atomic E-state index is -1.78. The van der Waals surface area contributed by atoms with Crippen molar-refractivity contribution in [1.29, 1.82) is 0 Å². The molecule has 678 valence electrons. The molecule has 21 atom stereocenters. The molecule has 6 aliphatic heterocycles. The number of carbonyl (C=O) groups excluding carboxylic acids is 18. The van der Waals surface area contributed by atoms with Gasteiger partial charge in [0.15, 0.2) is 18.9 Å². The Bertz CT molecular complexity index is 3730. The third kappa shape index (κ3) is 30.8. The first-order valence-electron chi connectivity index (χ1n) is 37.9. The standard InChI is InChI=1S/C68H103N15O35S3/c1-29(87)75-33(26-119-39-17-47(96)81(63(39)110)11-5-42(91)69-8-14-113-66-51(76-30(2)88)57(104)54(101)36(23-84)116-66)60(107)72-20-45(94)79-34(27-120-40-18-48(97)82(64(40)111)12-6-43(92)70-9-15-114-67-52(77-31(3)89)58(105)55(102)37(24-85)117-67)61(108)73-21-46(95)80-35(62(109)74-22-50(99)100)28-121-41-19-49(98)83(65(41)112)13-7-44(93)71-10-16-115-68-53(78-32(4)90)59(106)56(103)38(25-86)118-68/h33-41,51-59,66-68,84-86,101-106H,5-28H2,1-4H3,(H,69,91)(H,70,92)(H,71,93)(H,72,107)(H,73,108)(H,74,109)(H,75,87)(H,76,88)(H,77,89)(H,78,90)(H,79,94)(H,80,95)(H,99,100)/t33-,34-,35-,36?,37?,38?,39?,40?,41?,51?,52?,53?,54?,55?,56?,57?,58?,59?,66?,67?,68?/m0/s1. The lowest BCUT2D eigenvalue weighted by Crippen LogP contribution is -2.64. The number of carbonyl (C=O) groups is 19. The third-order valence-electron chi connectivity index (χ3n) is 18.8. The van der Waals surface area contributed by atoms with E-state index in [1.165, 1.54) is 0 Å². The molecule has 0 bridgehead atoms. The van der Waals surface area contributed by atoms with Crippen LogP contribution in [0.5, 0.6) is 0 Å². The first-order chi connectivity index (χ1) is 57.3. The van der Waals surface area contributed by atoms with E-state index < -0.39 is 353 Å². The lowest BCUT2D eigenvalue weighted by molar-refractivity contribution is -0.269. The zero-order chi connectivity index (χ0) is 89.6. The van der Waals surface area contributed by atoms with Gasteiger partial charge < -0.3 is 143 Å². The van der Waals surface area contributed by atoms with E-state index in [0.717, 1.165) is 54.2 Å². The van der Waals surface area contributed by atoms with Gasteiger partial charge in [0.1, 0.15) is 97.7 Å². The fourth-order valence-electron chi connectivity index (χ4n) is 12.7. The summed E-state index contributed by atoms with van der Waals surface area (Å²) in [6.07, 6.45) is -20.3. The number of ether oxygens (including phenoxy) is 6. The van der Waals surface area contributed by atoms with Crippen LogP contribution in [0.2, 0.25) is 0 Å². The number of aliphatic carboxylic acids is 1. The Morgan fingerprint density at radius 2 is 0.661 bits per heavy atom. The van der Waals surface area contributed by atoms with Crippen molar-refractivity contribution in [2.75, 3.05) is 116 Å². The lowest BCUT2D eigenvalue weighted by Gasteiger charge is -2.42. The molecule has 6 heterocycles. The van der Waals surface area contributed by atoms with Crippen LogP contribution in [0.15, 0.2) is 0 Å². The van der Waals surface area contributed by atoms with Crippen LogP contribution in [0, 0.1) is 0 Å². The molecule has 0 aromatic rings. The highest BCUT2D eigenvalue weighted by Gasteiger charge is 2.50. The molecule has 121 heavy (non-hydrogen) atoms. The summed E-state index contributed by atoms with van der Waals surface area (Å²) in [5.74, 6) is -17.9. The number of aliphatic hydroxyl groups excluding tert-OH is 9. The van der Waals surface area contributed by atoms with Gasteiger partial charge in [-0.1, -0.05) is 0 Å². The van der Waals surface area contributed by atoms with Gasteiger partial charge >= 0.3 is 5.97 Å². The molecule has 6 saturated heterocycles. The molecule has 22 N–H and O–H groups in total. The minimum Gasteiger partial charge on any atom is -0.480 e. The number of likely N-dealkylation sites (tertiary alicyclic amines) is 3. The molecular formula is C68H103N15O35S3. The summed E-state index contributed by atoms with van der Waals surface area (Å²) in [7, 11) is 0. The highest BCUT2D eigenvalue weighted by molar-refractivity contribution is 8.01. The fraction of sp³-hybridized carbons (Fsp3) is 0.721. The van der Waals surface area contributed by atoms with Crippen molar-refractivity contribution >= 4 is 148 Å². The van der Waals surface area contributed by atoms with Gasteiger partial charge in [0.25, 0.3) is 0 Å². The second-order valence-electron chi connectivity index (χ2n) is 28.0. The minimum absolute atomic E-state index is 0.187. The number of hydrogen-bond donors (Lipinski definition) is 22. The Balaban J connectivity index is 1.05. The van der Waals surface area contributed by atoms with Crippen LogP contribution in [0.3, 0.4) is 0 Å². The van der Waals surface area contributed by atoms with Crippen LogP contribution in [-0.2, 0) is 120 Å². The predicted molar refractivity (Wildman–Crippen MR) is 408 cm³/mol. The van der Waals surface area contributed by atoms with E-state index in [-0.39, 0.29) is 39.5 Å². The van der Waals surface area contributed by atoms with Crippen molar-refractivity contribution in [3.8, 4) is 0 Å². The van der Waals surface area contributed by atoms with Crippen LogP contribution >= 0.6 is 35.3 Å². The van der Waals surface area contributed by atoms with E-state index in [9.17, 15) is 142 Å². The SMILES string of the molecule is CC(=O)NC1C(OCCNC(=O)CCN2C(=O)CC(SC[C@H](NC(C)=O)C(=O)NCC(=O)N[C@@H](CSC3CC(=O)N(CCC(=O)NCCOC4OC(CO)C(O)C(O)C4NC(C)=O)C3=O)C(=O)NCC(=O)N[C@@H](CSC3CC(=O)N(CCC(=O)NCCOC4OC(CO)C(O)C(O)C4NC(C)=O)C3=O)C(=O)NCC(=O)O)C2=O)OC(CO)C(O)C1O. The molecule has 0 aliphatic carbocycles.